The summed E-state index contributed by atoms with van der Waals surface area (Å²) in [5, 5.41) is 2.66. The van der Waals surface area contributed by atoms with Crippen LogP contribution in [0.2, 0.25) is 0 Å². The number of fused-ring (bicyclic) bond motifs is 1. The molecule has 1 aliphatic rings. The third-order valence-corrected chi connectivity index (χ3v) is 4.92. The minimum Gasteiger partial charge on any atom is -0.323 e. The molecule has 5 nitrogen and oxygen atoms in total. The smallest absolute Gasteiger partial charge is 0.245 e. The van der Waals surface area contributed by atoms with Crippen LogP contribution in [-0.4, -0.2) is 32.5 Å². The lowest BCUT2D eigenvalue weighted by Crippen LogP contribution is -2.43. The molecule has 7 heteroatoms. The van der Waals surface area contributed by atoms with Gasteiger partial charge in [-0.15, -0.1) is 11.6 Å². The maximum absolute atomic E-state index is 12.3. The summed E-state index contributed by atoms with van der Waals surface area (Å²) in [7, 11) is -3.49. The van der Waals surface area contributed by atoms with Gasteiger partial charge in [0.2, 0.25) is 15.9 Å². The van der Waals surface area contributed by atoms with Gasteiger partial charge < -0.3 is 5.32 Å². The van der Waals surface area contributed by atoms with E-state index in [4.69, 9.17) is 11.6 Å². The van der Waals surface area contributed by atoms with Gasteiger partial charge in [0.05, 0.1) is 17.1 Å². The van der Waals surface area contributed by atoms with Crippen molar-refractivity contribution >= 4 is 38.9 Å². The molecule has 1 amide bonds. The van der Waals surface area contributed by atoms with Gasteiger partial charge in [0.25, 0.3) is 0 Å². The van der Waals surface area contributed by atoms with E-state index in [9.17, 15) is 13.2 Å². The van der Waals surface area contributed by atoms with Gasteiger partial charge in [0.15, 0.2) is 0 Å². The Bertz CT molecular complexity index is 574. The van der Waals surface area contributed by atoms with Gasteiger partial charge in [0.1, 0.15) is 6.54 Å². The van der Waals surface area contributed by atoms with Gasteiger partial charge >= 0.3 is 0 Å². The van der Waals surface area contributed by atoms with Crippen LogP contribution in [0.5, 0.6) is 0 Å². The minimum absolute atomic E-state index is 0.00132. The van der Waals surface area contributed by atoms with E-state index in [1.54, 1.807) is 24.3 Å². The average Bonchev–Trinajstić information content (AvgIpc) is 2.38. The molecule has 0 bridgehead atoms. The maximum Gasteiger partial charge on any atom is 0.245 e. The maximum atomic E-state index is 12.3. The molecule has 0 radical (unpaired) electrons. The average molecular weight is 303 g/mol. The molecule has 1 aromatic rings. The third kappa shape index (κ3) is 3.19. The van der Waals surface area contributed by atoms with Crippen molar-refractivity contribution in [3.8, 4) is 0 Å². The number of sulfonamides is 1. The number of benzene rings is 1. The van der Waals surface area contributed by atoms with Crippen molar-refractivity contribution in [1.29, 1.82) is 0 Å². The molecular weight excluding hydrogens is 288 g/mol. The Kier molecular flexibility index (Phi) is 4.31. The molecule has 0 atom stereocenters. The molecule has 104 valence electrons. The number of alkyl halides is 1. The van der Waals surface area contributed by atoms with E-state index in [-0.39, 0.29) is 18.2 Å². The zero-order valence-corrected chi connectivity index (χ0v) is 11.9. The van der Waals surface area contributed by atoms with Crippen LogP contribution in [0.3, 0.4) is 0 Å². The summed E-state index contributed by atoms with van der Waals surface area (Å²) >= 11 is 5.55. The van der Waals surface area contributed by atoms with Crippen molar-refractivity contribution < 1.29 is 13.2 Å². The molecule has 1 heterocycles. The number of nitrogens with one attached hydrogen (secondary N) is 1. The molecule has 0 saturated carbocycles. The number of halogens is 1. The Hall–Kier alpha value is -1.27. The van der Waals surface area contributed by atoms with Gasteiger partial charge in [-0.1, -0.05) is 12.1 Å². The van der Waals surface area contributed by atoms with Gasteiger partial charge in [-0.05, 0) is 25.0 Å². The van der Waals surface area contributed by atoms with E-state index in [1.807, 2.05) is 0 Å². The fourth-order valence-electron chi connectivity index (χ4n) is 1.94. The highest BCUT2D eigenvalue weighted by molar-refractivity contribution is 7.92. The molecule has 1 aromatic carbocycles. The number of rotatable bonds is 5. The van der Waals surface area contributed by atoms with Crippen LogP contribution < -0.4 is 9.62 Å². The third-order valence-electron chi connectivity index (χ3n) is 2.86. The Balaban J connectivity index is 2.27. The van der Waals surface area contributed by atoms with Crippen LogP contribution >= 0.6 is 11.6 Å². The van der Waals surface area contributed by atoms with Crippen molar-refractivity contribution in [2.24, 2.45) is 0 Å². The quantitative estimate of drug-likeness (QED) is 0.666. The predicted molar refractivity (Wildman–Crippen MR) is 76.2 cm³/mol. The topological polar surface area (TPSA) is 66.5 Å². The summed E-state index contributed by atoms with van der Waals surface area (Å²) in [5.74, 6) is 0.119. The van der Waals surface area contributed by atoms with Crippen molar-refractivity contribution in [2.75, 3.05) is 27.8 Å². The number of para-hydroxylation sites is 2. The Morgan fingerprint density at radius 3 is 2.74 bits per heavy atom. The fraction of sp³-hybridized carbons (Fsp3) is 0.417. The molecule has 0 unspecified atom stereocenters. The first kappa shape index (κ1) is 14.1. The SMILES string of the molecule is O=C1CN(S(=O)(=O)CCCCCl)c2ccccc2N1. The second-order valence-corrected chi connectivity index (χ2v) is 6.67. The Morgan fingerprint density at radius 2 is 2.00 bits per heavy atom. The number of unbranched alkanes of at least 4 members (excludes halogenated alkanes) is 1. The predicted octanol–water partition coefficient (Wildman–Crippen LogP) is 1.79. The largest absolute Gasteiger partial charge is 0.323 e. The summed E-state index contributed by atoms with van der Waals surface area (Å²) in [6.45, 7) is -0.166. The normalized spacial score (nSPS) is 15.0. The first-order chi connectivity index (χ1) is 9.04. The number of anilines is 2. The molecule has 0 saturated heterocycles. The van der Waals surface area contributed by atoms with E-state index < -0.39 is 10.0 Å². The minimum atomic E-state index is -3.49. The lowest BCUT2D eigenvalue weighted by Gasteiger charge is -2.30. The molecule has 0 aliphatic carbocycles. The van der Waals surface area contributed by atoms with E-state index in [1.165, 1.54) is 4.31 Å². The highest BCUT2D eigenvalue weighted by Crippen LogP contribution is 2.31. The van der Waals surface area contributed by atoms with E-state index in [0.717, 1.165) is 0 Å². The molecule has 1 aliphatic heterocycles. The van der Waals surface area contributed by atoms with Crippen LogP contribution in [0.15, 0.2) is 24.3 Å². The van der Waals surface area contributed by atoms with Gasteiger partial charge in [-0.3, -0.25) is 9.10 Å². The summed E-state index contributed by atoms with van der Waals surface area (Å²) in [6.07, 6.45) is 1.13. The fourth-order valence-corrected chi connectivity index (χ4v) is 3.69. The summed E-state index contributed by atoms with van der Waals surface area (Å²) < 4.78 is 25.7. The van der Waals surface area contributed by atoms with Crippen LogP contribution in [-0.2, 0) is 14.8 Å². The van der Waals surface area contributed by atoms with Gasteiger partial charge in [-0.25, -0.2) is 8.42 Å². The van der Waals surface area contributed by atoms with Crippen molar-refractivity contribution in [3.05, 3.63) is 24.3 Å². The van der Waals surface area contributed by atoms with Gasteiger partial charge in [-0.2, -0.15) is 0 Å². The highest BCUT2D eigenvalue weighted by Gasteiger charge is 2.30. The summed E-state index contributed by atoms with van der Waals surface area (Å²) in [5.41, 5.74) is 1.05. The zero-order valence-electron chi connectivity index (χ0n) is 10.3. The van der Waals surface area contributed by atoms with Crippen molar-refractivity contribution in [2.45, 2.75) is 12.8 Å². The molecule has 0 fully saturated rings. The number of amides is 1. The van der Waals surface area contributed by atoms with E-state index >= 15 is 0 Å². The molecule has 0 spiro atoms. The second kappa shape index (κ2) is 5.79. The Labute approximate surface area is 117 Å². The van der Waals surface area contributed by atoms with Crippen LogP contribution in [0.1, 0.15) is 12.8 Å². The lowest BCUT2D eigenvalue weighted by atomic mass is 10.2. The summed E-state index contributed by atoms with van der Waals surface area (Å²) in [6, 6.07) is 6.88. The van der Waals surface area contributed by atoms with Crippen LogP contribution in [0.4, 0.5) is 11.4 Å². The van der Waals surface area contributed by atoms with Gasteiger partial charge in [0, 0.05) is 5.88 Å². The van der Waals surface area contributed by atoms with Crippen LogP contribution in [0, 0.1) is 0 Å². The lowest BCUT2D eigenvalue weighted by molar-refractivity contribution is -0.115. The standard InChI is InChI=1S/C12H15ClN2O3S/c13-7-3-4-8-19(17,18)15-9-12(16)14-10-5-1-2-6-11(10)15/h1-2,5-6H,3-4,7-9H2,(H,14,16). The molecule has 1 N–H and O–H groups in total. The molecular formula is C12H15ClN2O3S. The first-order valence-electron chi connectivity index (χ1n) is 6.00. The number of nitrogens with zero attached hydrogens (tertiary/aromatic N) is 1. The van der Waals surface area contributed by atoms with E-state index in [2.05, 4.69) is 5.32 Å². The number of carbonyl (C=O) groups is 1. The number of hydrogen-bond donors (Lipinski definition) is 1. The van der Waals surface area contributed by atoms with Crippen molar-refractivity contribution in [1.82, 2.24) is 0 Å². The Morgan fingerprint density at radius 1 is 1.26 bits per heavy atom. The first-order valence-corrected chi connectivity index (χ1v) is 8.14. The zero-order chi connectivity index (χ0) is 13.9. The number of hydrogen-bond acceptors (Lipinski definition) is 3. The summed E-state index contributed by atoms with van der Waals surface area (Å²) in [4.78, 5) is 11.6. The molecule has 0 aromatic heterocycles. The molecule has 2 rings (SSSR count). The van der Waals surface area contributed by atoms with Crippen molar-refractivity contribution in [3.63, 3.8) is 0 Å². The monoisotopic (exact) mass is 302 g/mol. The van der Waals surface area contributed by atoms with E-state index in [0.29, 0.717) is 30.1 Å². The van der Waals surface area contributed by atoms with Crippen LogP contribution in [0.25, 0.3) is 0 Å². The molecule has 19 heavy (non-hydrogen) atoms. The second-order valence-electron chi connectivity index (χ2n) is 4.28. The highest BCUT2D eigenvalue weighted by atomic mass is 35.5. The number of carbonyl (C=O) groups excluding carboxylic acids is 1.